The first-order valence-electron chi connectivity index (χ1n) is 7.74. The molecule has 0 unspecified atom stereocenters. The highest BCUT2D eigenvalue weighted by Crippen LogP contribution is 2.21. The Balaban J connectivity index is 1.90. The normalized spacial score (nSPS) is 10.9. The van der Waals surface area contributed by atoms with Gasteiger partial charge in [-0.3, -0.25) is 4.79 Å². The number of ether oxygens (including phenoxy) is 2. The molecule has 0 fully saturated rings. The van der Waals surface area contributed by atoms with Gasteiger partial charge in [0.15, 0.2) is 6.61 Å². The third-order valence-corrected chi connectivity index (χ3v) is 3.70. The number of halogens is 1. The molecule has 0 aliphatic rings. The highest BCUT2D eigenvalue weighted by Gasteiger charge is 2.21. The molecular weight excluding hydrogens is 386 g/mol. The van der Waals surface area contributed by atoms with Crippen molar-refractivity contribution in [2.75, 3.05) is 11.9 Å². The van der Waals surface area contributed by atoms with Gasteiger partial charge in [-0.05, 0) is 36.4 Å². The molecule has 25 heavy (non-hydrogen) atoms. The maximum absolute atomic E-state index is 12.0. The fourth-order valence-electron chi connectivity index (χ4n) is 1.79. The number of esters is 1. The molecule has 0 atom stereocenters. The van der Waals surface area contributed by atoms with Crippen LogP contribution in [0.5, 0.6) is 11.5 Å². The van der Waals surface area contributed by atoms with Gasteiger partial charge in [-0.25, -0.2) is 4.79 Å². The molecule has 6 heteroatoms. The van der Waals surface area contributed by atoms with E-state index < -0.39 is 11.4 Å². The Kier molecular flexibility index (Phi) is 6.20. The zero-order valence-corrected chi connectivity index (χ0v) is 15.9. The molecule has 0 aromatic heterocycles. The van der Waals surface area contributed by atoms with E-state index >= 15 is 0 Å². The topological polar surface area (TPSA) is 64.6 Å². The molecular formula is C19H20BrNO4. The molecule has 1 N–H and O–H groups in total. The maximum Gasteiger partial charge on any atom is 0.349 e. The predicted molar refractivity (Wildman–Crippen MR) is 99.8 cm³/mol. The van der Waals surface area contributed by atoms with E-state index in [1.54, 1.807) is 48.5 Å². The summed E-state index contributed by atoms with van der Waals surface area (Å²) in [6.07, 6.45) is 0. The third kappa shape index (κ3) is 6.23. The molecule has 0 saturated carbocycles. The molecule has 0 aliphatic carbocycles. The Hall–Kier alpha value is -2.34. The van der Waals surface area contributed by atoms with E-state index in [-0.39, 0.29) is 12.5 Å². The quantitative estimate of drug-likeness (QED) is 0.590. The molecule has 132 valence electrons. The monoisotopic (exact) mass is 405 g/mol. The largest absolute Gasteiger partial charge is 0.482 e. The van der Waals surface area contributed by atoms with Crippen molar-refractivity contribution in [3.05, 3.63) is 53.0 Å². The summed E-state index contributed by atoms with van der Waals surface area (Å²) in [7, 11) is 0. The van der Waals surface area contributed by atoms with Crippen molar-refractivity contribution in [3.8, 4) is 11.5 Å². The summed E-state index contributed by atoms with van der Waals surface area (Å²) in [4.78, 5) is 23.8. The predicted octanol–water partition coefficient (Wildman–Crippen LogP) is 4.42. The van der Waals surface area contributed by atoms with Crippen molar-refractivity contribution in [2.24, 2.45) is 5.41 Å². The summed E-state index contributed by atoms with van der Waals surface area (Å²) >= 11 is 3.31. The standard InChI is InChI=1S/C19H20BrNO4/c1-19(2,3)18(23)21-14-5-4-6-16(11-14)24-12-17(22)25-15-9-7-13(20)8-10-15/h4-11H,12H2,1-3H3,(H,21,23). The Morgan fingerprint density at radius 2 is 1.72 bits per heavy atom. The van der Waals surface area contributed by atoms with Crippen LogP contribution in [0.4, 0.5) is 5.69 Å². The van der Waals surface area contributed by atoms with Crippen molar-refractivity contribution < 1.29 is 19.1 Å². The number of carbonyl (C=O) groups excluding carboxylic acids is 2. The van der Waals surface area contributed by atoms with Crippen LogP contribution in [-0.4, -0.2) is 18.5 Å². The van der Waals surface area contributed by atoms with E-state index in [0.29, 0.717) is 17.2 Å². The second-order valence-corrected chi connectivity index (χ2v) is 7.36. The van der Waals surface area contributed by atoms with Gasteiger partial charge in [-0.2, -0.15) is 0 Å². The third-order valence-electron chi connectivity index (χ3n) is 3.18. The average molecular weight is 406 g/mol. The fraction of sp³-hybridized carbons (Fsp3) is 0.263. The Morgan fingerprint density at radius 1 is 1.04 bits per heavy atom. The van der Waals surface area contributed by atoms with Gasteiger partial charge in [0.25, 0.3) is 0 Å². The summed E-state index contributed by atoms with van der Waals surface area (Å²) in [5, 5.41) is 2.82. The molecule has 0 aliphatic heterocycles. The number of hydrogen-bond donors (Lipinski definition) is 1. The van der Waals surface area contributed by atoms with Gasteiger partial charge in [0.1, 0.15) is 11.5 Å². The van der Waals surface area contributed by atoms with Gasteiger partial charge in [0.2, 0.25) is 5.91 Å². The van der Waals surface area contributed by atoms with Crippen molar-refractivity contribution in [2.45, 2.75) is 20.8 Å². The number of benzene rings is 2. The number of rotatable bonds is 5. The first kappa shape index (κ1) is 19.0. The van der Waals surface area contributed by atoms with E-state index in [0.717, 1.165) is 4.47 Å². The molecule has 2 rings (SSSR count). The van der Waals surface area contributed by atoms with Gasteiger partial charge in [0, 0.05) is 21.6 Å². The lowest BCUT2D eigenvalue weighted by atomic mass is 9.95. The van der Waals surface area contributed by atoms with Crippen molar-refractivity contribution in [1.82, 2.24) is 0 Å². The van der Waals surface area contributed by atoms with Crippen LogP contribution in [0.1, 0.15) is 20.8 Å². The van der Waals surface area contributed by atoms with Crippen LogP contribution in [0.25, 0.3) is 0 Å². The highest BCUT2D eigenvalue weighted by molar-refractivity contribution is 9.10. The Bertz CT molecular complexity index is 751. The lowest BCUT2D eigenvalue weighted by molar-refractivity contribution is -0.136. The summed E-state index contributed by atoms with van der Waals surface area (Å²) < 4.78 is 11.5. The molecule has 2 aromatic carbocycles. The second kappa shape index (κ2) is 8.16. The summed E-state index contributed by atoms with van der Waals surface area (Å²) in [6, 6.07) is 13.8. The number of carbonyl (C=O) groups is 2. The van der Waals surface area contributed by atoms with Crippen LogP contribution in [0.2, 0.25) is 0 Å². The van der Waals surface area contributed by atoms with Gasteiger partial charge in [0.05, 0.1) is 0 Å². The van der Waals surface area contributed by atoms with Crippen molar-refractivity contribution >= 4 is 33.5 Å². The number of amides is 1. The summed E-state index contributed by atoms with van der Waals surface area (Å²) in [6.45, 7) is 5.27. The minimum absolute atomic E-state index is 0.0979. The second-order valence-electron chi connectivity index (χ2n) is 6.45. The lowest BCUT2D eigenvalue weighted by Crippen LogP contribution is -2.27. The van der Waals surface area contributed by atoms with Gasteiger partial charge in [-0.1, -0.05) is 42.8 Å². The molecule has 2 aromatic rings. The SMILES string of the molecule is CC(C)(C)C(=O)Nc1cccc(OCC(=O)Oc2ccc(Br)cc2)c1. The molecule has 0 heterocycles. The van der Waals surface area contributed by atoms with E-state index in [4.69, 9.17) is 9.47 Å². The molecule has 0 spiro atoms. The van der Waals surface area contributed by atoms with Crippen LogP contribution in [-0.2, 0) is 9.59 Å². The average Bonchev–Trinajstić information content (AvgIpc) is 2.55. The molecule has 1 amide bonds. The minimum Gasteiger partial charge on any atom is -0.482 e. The molecule has 5 nitrogen and oxygen atoms in total. The number of anilines is 1. The summed E-state index contributed by atoms with van der Waals surface area (Å²) in [5.41, 5.74) is 0.115. The van der Waals surface area contributed by atoms with Crippen LogP contribution in [0, 0.1) is 5.41 Å². The molecule has 0 bridgehead atoms. The van der Waals surface area contributed by atoms with Crippen LogP contribution in [0.15, 0.2) is 53.0 Å². The van der Waals surface area contributed by atoms with Gasteiger partial charge in [-0.15, -0.1) is 0 Å². The molecule has 0 radical (unpaired) electrons. The Labute approximate surface area is 155 Å². The van der Waals surface area contributed by atoms with Gasteiger partial charge < -0.3 is 14.8 Å². The van der Waals surface area contributed by atoms with Crippen molar-refractivity contribution in [1.29, 1.82) is 0 Å². The smallest absolute Gasteiger partial charge is 0.349 e. The first-order valence-corrected chi connectivity index (χ1v) is 8.54. The Morgan fingerprint density at radius 3 is 2.36 bits per heavy atom. The van der Waals surface area contributed by atoms with E-state index in [9.17, 15) is 9.59 Å². The molecule has 0 saturated heterocycles. The zero-order chi connectivity index (χ0) is 18.4. The number of nitrogens with one attached hydrogen (secondary N) is 1. The zero-order valence-electron chi connectivity index (χ0n) is 14.3. The van der Waals surface area contributed by atoms with Crippen LogP contribution in [0.3, 0.4) is 0 Å². The van der Waals surface area contributed by atoms with Crippen molar-refractivity contribution in [3.63, 3.8) is 0 Å². The lowest BCUT2D eigenvalue weighted by Gasteiger charge is -2.18. The fourth-order valence-corrected chi connectivity index (χ4v) is 2.05. The van der Waals surface area contributed by atoms with E-state index in [1.807, 2.05) is 20.8 Å². The van der Waals surface area contributed by atoms with Gasteiger partial charge >= 0.3 is 5.97 Å². The highest BCUT2D eigenvalue weighted by atomic mass is 79.9. The van der Waals surface area contributed by atoms with Crippen LogP contribution >= 0.6 is 15.9 Å². The number of hydrogen-bond acceptors (Lipinski definition) is 4. The van der Waals surface area contributed by atoms with E-state index in [2.05, 4.69) is 21.2 Å². The maximum atomic E-state index is 12.0. The van der Waals surface area contributed by atoms with Crippen LogP contribution < -0.4 is 14.8 Å². The minimum atomic E-state index is -0.508. The first-order chi connectivity index (χ1) is 11.7. The summed E-state index contributed by atoms with van der Waals surface area (Å²) in [5.74, 6) is 0.313. The van der Waals surface area contributed by atoms with E-state index in [1.165, 1.54) is 0 Å².